The lowest BCUT2D eigenvalue weighted by atomic mass is 10.3. The maximum Gasteiger partial charge on any atom is 0.143 e. The van der Waals surface area contributed by atoms with Crippen LogP contribution in [0.2, 0.25) is 0 Å². The molecule has 66 valence electrons. The zero-order valence-corrected chi connectivity index (χ0v) is 7.34. The first-order valence-corrected chi connectivity index (χ1v) is 4.44. The fraction of sp³-hybridized carbons (Fsp3) is 0. The maximum absolute atomic E-state index is 10.5. The molecule has 2 rings (SSSR count). The van der Waals surface area contributed by atoms with Gasteiger partial charge in [-0.1, -0.05) is 0 Å². The number of rotatable bonds is 2. The van der Waals surface area contributed by atoms with Gasteiger partial charge in [0.2, 0.25) is 0 Å². The van der Waals surface area contributed by atoms with Crippen LogP contribution >= 0.6 is 11.3 Å². The van der Waals surface area contributed by atoms with E-state index < -0.39 is 5.97 Å². The highest BCUT2D eigenvalue weighted by atomic mass is 32.1. The molecule has 13 heavy (non-hydrogen) atoms. The average molecular weight is 193 g/mol. The van der Waals surface area contributed by atoms with E-state index in [2.05, 4.69) is 0 Å². The minimum absolute atomic E-state index is 0.214. The Morgan fingerprint density at radius 2 is 2.23 bits per heavy atom. The van der Waals surface area contributed by atoms with Gasteiger partial charge in [-0.2, -0.15) is 0 Å². The number of carbonyl (C=O) groups excluding carboxylic acids is 1. The average Bonchev–Trinajstić information content (AvgIpc) is 2.75. The molecule has 0 unspecified atom stereocenters. The van der Waals surface area contributed by atoms with Crippen molar-refractivity contribution in [1.29, 1.82) is 0 Å². The van der Waals surface area contributed by atoms with Gasteiger partial charge in [-0.15, -0.1) is 11.3 Å². The van der Waals surface area contributed by atoms with Crippen LogP contribution in [0, 0.1) is 0 Å². The first kappa shape index (κ1) is 8.07. The van der Waals surface area contributed by atoms with Gasteiger partial charge >= 0.3 is 0 Å². The van der Waals surface area contributed by atoms with E-state index in [4.69, 9.17) is 4.42 Å². The third kappa shape index (κ3) is 1.48. The SMILES string of the molecule is O=C([O-])c1ccc(-c2ccco2)s1. The van der Waals surface area contributed by atoms with E-state index in [1.165, 1.54) is 6.07 Å². The summed E-state index contributed by atoms with van der Waals surface area (Å²) in [7, 11) is 0. The fourth-order valence-corrected chi connectivity index (χ4v) is 1.81. The molecule has 0 saturated carbocycles. The number of aromatic carboxylic acids is 1. The third-order valence-corrected chi connectivity index (χ3v) is 2.65. The van der Waals surface area contributed by atoms with Crippen molar-refractivity contribution in [3.8, 4) is 10.6 Å². The van der Waals surface area contributed by atoms with Crippen molar-refractivity contribution in [2.24, 2.45) is 0 Å². The Morgan fingerprint density at radius 1 is 1.38 bits per heavy atom. The smallest absolute Gasteiger partial charge is 0.143 e. The van der Waals surface area contributed by atoms with Crippen molar-refractivity contribution < 1.29 is 14.3 Å². The topological polar surface area (TPSA) is 53.3 Å². The number of hydrogen-bond donors (Lipinski definition) is 0. The second-order valence-electron chi connectivity index (χ2n) is 2.43. The van der Waals surface area contributed by atoms with Crippen molar-refractivity contribution in [3.63, 3.8) is 0 Å². The summed E-state index contributed by atoms with van der Waals surface area (Å²) in [6.45, 7) is 0. The number of carboxylic acids is 1. The summed E-state index contributed by atoms with van der Waals surface area (Å²) in [5.41, 5.74) is 0. The summed E-state index contributed by atoms with van der Waals surface area (Å²) < 4.78 is 5.11. The Balaban J connectivity index is 2.39. The van der Waals surface area contributed by atoms with Crippen molar-refractivity contribution in [1.82, 2.24) is 0 Å². The highest BCUT2D eigenvalue weighted by Gasteiger charge is 2.04. The minimum Gasteiger partial charge on any atom is -0.544 e. The van der Waals surface area contributed by atoms with Crippen molar-refractivity contribution in [3.05, 3.63) is 35.4 Å². The summed E-state index contributed by atoms with van der Waals surface area (Å²) >= 11 is 1.14. The van der Waals surface area contributed by atoms with E-state index in [0.29, 0.717) is 5.76 Å². The van der Waals surface area contributed by atoms with Gasteiger partial charge in [-0.05, 0) is 24.3 Å². The molecule has 2 aromatic heterocycles. The second-order valence-corrected chi connectivity index (χ2v) is 3.51. The molecule has 0 N–H and O–H groups in total. The molecule has 0 radical (unpaired) electrons. The van der Waals surface area contributed by atoms with Gasteiger partial charge in [0.1, 0.15) is 5.76 Å². The fourth-order valence-electron chi connectivity index (χ4n) is 0.999. The van der Waals surface area contributed by atoms with Gasteiger partial charge in [0.05, 0.1) is 22.0 Å². The Labute approximate surface area is 78.2 Å². The molecule has 0 saturated heterocycles. The number of thiophene rings is 1. The van der Waals surface area contributed by atoms with Crippen LogP contribution in [0.3, 0.4) is 0 Å². The predicted octanol–water partition coefficient (Wildman–Crippen LogP) is 1.37. The van der Waals surface area contributed by atoms with E-state index in [0.717, 1.165) is 16.2 Å². The van der Waals surface area contributed by atoms with Crippen molar-refractivity contribution in [2.45, 2.75) is 0 Å². The van der Waals surface area contributed by atoms with E-state index in [9.17, 15) is 9.90 Å². The van der Waals surface area contributed by atoms with Crippen LogP contribution in [0.4, 0.5) is 0 Å². The molecule has 4 heteroatoms. The summed E-state index contributed by atoms with van der Waals surface area (Å²) in [5, 5.41) is 10.5. The van der Waals surface area contributed by atoms with Gasteiger partial charge in [0, 0.05) is 0 Å². The van der Waals surface area contributed by atoms with Crippen LogP contribution < -0.4 is 5.11 Å². The van der Waals surface area contributed by atoms with Crippen LogP contribution in [0.5, 0.6) is 0 Å². The molecular formula is C9H5O3S-. The van der Waals surface area contributed by atoms with E-state index >= 15 is 0 Å². The van der Waals surface area contributed by atoms with E-state index in [1.807, 2.05) is 0 Å². The third-order valence-electron chi connectivity index (χ3n) is 1.57. The number of hydrogen-bond acceptors (Lipinski definition) is 4. The maximum atomic E-state index is 10.5. The van der Waals surface area contributed by atoms with Crippen LogP contribution in [-0.4, -0.2) is 5.97 Å². The lowest BCUT2D eigenvalue weighted by Crippen LogP contribution is -2.20. The first-order valence-electron chi connectivity index (χ1n) is 3.62. The van der Waals surface area contributed by atoms with Crippen LogP contribution in [0.15, 0.2) is 34.9 Å². The molecule has 0 aliphatic carbocycles. The van der Waals surface area contributed by atoms with Gasteiger partial charge in [0.15, 0.2) is 0 Å². The van der Waals surface area contributed by atoms with E-state index in [-0.39, 0.29) is 4.88 Å². The monoisotopic (exact) mass is 193 g/mol. The molecule has 2 heterocycles. The standard InChI is InChI=1S/C9H6O3S/c10-9(11)8-4-3-7(13-8)6-2-1-5-12-6/h1-5H,(H,10,11)/p-1. The van der Waals surface area contributed by atoms with Gasteiger partial charge < -0.3 is 14.3 Å². The Bertz CT molecular complexity index is 414. The quantitative estimate of drug-likeness (QED) is 0.723. The molecule has 0 spiro atoms. The normalized spacial score (nSPS) is 10.2. The lowest BCUT2D eigenvalue weighted by molar-refractivity contribution is -0.254. The summed E-state index contributed by atoms with van der Waals surface area (Å²) in [5.74, 6) is -0.472. The Hall–Kier alpha value is -1.55. The summed E-state index contributed by atoms with van der Waals surface area (Å²) in [6, 6.07) is 6.76. The Kier molecular flexibility index (Phi) is 1.90. The second kappa shape index (κ2) is 3.06. The predicted molar refractivity (Wildman–Crippen MR) is 46.4 cm³/mol. The molecule has 0 aromatic carbocycles. The molecular weight excluding hydrogens is 188 g/mol. The van der Waals surface area contributed by atoms with Crippen LogP contribution in [0.25, 0.3) is 10.6 Å². The van der Waals surface area contributed by atoms with E-state index in [1.54, 1.807) is 24.5 Å². The largest absolute Gasteiger partial charge is 0.544 e. The molecule has 0 bridgehead atoms. The zero-order chi connectivity index (χ0) is 9.26. The first-order chi connectivity index (χ1) is 6.27. The van der Waals surface area contributed by atoms with Crippen molar-refractivity contribution >= 4 is 17.3 Å². The van der Waals surface area contributed by atoms with Gasteiger partial charge in [-0.3, -0.25) is 0 Å². The number of carbonyl (C=O) groups is 1. The van der Waals surface area contributed by atoms with Gasteiger partial charge in [-0.25, -0.2) is 0 Å². The molecule has 0 fully saturated rings. The molecule has 3 nitrogen and oxygen atoms in total. The minimum atomic E-state index is -1.15. The zero-order valence-electron chi connectivity index (χ0n) is 6.52. The molecule has 2 aromatic rings. The molecule has 0 amide bonds. The number of furan rings is 1. The van der Waals surface area contributed by atoms with Gasteiger partial charge in [0.25, 0.3) is 0 Å². The van der Waals surface area contributed by atoms with Crippen LogP contribution in [0.1, 0.15) is 9.67 Å². The molecule has 0 aliphatic rings. The van der Waals surface area contributed by atoms with Crippen molar-refractivity contribution in [2.75, 3.05) is 0 Å². The highest BCUT2D eigenvalue weighted by Crippen LogP contribution is 2.27. The Morgan fingerprint density at radius 3 is 2.77 bits per heavy atom. The lowest BCUT2D eigenvalue weighted by Gasteiger charge is -1.93. The summed E-state index contributed by atoms with van der Waals surface area (Å²) in [6.07, 6.45) is 1.55. The summed E-state index contributed by atoms with van der Waals surface area (Å²) in [4.78, 5) is 11.5. The number of carboxylic acid groups (broad SMARTS) is 1. The molecule has 0 atom stereocenters. The highest BCUT2D eigenvalue weighted by molar-refractivity contribution is 7.17. The molecule has 0 aliphatic heterocycles. The van der Waals surface area contributed by atoms with Crippen LogP contribution in [-0.2, 0) is 0 Å².